The molecule has 0 saturated carbocycles. The summed E-state index contributed by atoms with van der Waals surface area (Å²) in [5, 5.41) is 5.51. The average molecular weight is 503 g/mol. The van der Waals surface area contributed by atoms with Crippen molar-refractivity contribution in [3.8, 4) is 28.2 Å². The molecular formula is C22H15Br2ClN2. The lowest BCUT2D eigenvalue weighted by atomic mass is 10.1. The summed E-state index contributed by atoms with van der Waals surface area (Å²) in [6.07, 6.45) is 0. The molecular weight excluding hydrogens is 488 g/mol. The summed E-state index contributed by atoms with van der Waals surface area (Å²) in [4.78, 5) is 0. The second kappa shape index (κ2) is 7.63. The third-order valence-electron chi connectivity index (χ3n) is 4.30. The minimum absolute atomic E-state index is 0.631. The van der Waals surface area contributed by atoms with E-state index in [-0.39, 0.29) is 0 Å². The lowest BCUT2D eigenvalue weighted by molar-refractivity contribution is 0.891. The number of rotatable bonds is 3. The van der Waals surface area contributed by atoms with Crippen LogP contribution in [0.15, 0.2) is 81.7 Å². The molecule has 0 unspecified atom stereocenters. The summed E-state index contributed by atoms with van der Waals surface area (Å²) in [5.41, 5.74) is 5.78. The molecule has 27 heavy (non-hydrogen) atoms. The molecule has 2 nitrogen and oxygen atoms in total. The Balaban J connectivity index is 1.99. The molecule has 0 aliphatic heterocycles. The number of nitrogens with zero attached hydrogens (tertiary/aromatic N) is 2. The molecule has 5 heteroatoms. The van der Waals surface area contributed by atoms with Crippen LogP contribution in [0.3, 0.4) is 0 Å². The van der Waals surface area contributed by atoms with Crippen molar-refractivity contribution in [2.75, 3.05) is 0 Å². The van der Waals surface area contributed by atoms with Crippen molar-refractivity contribution in [1.29, 1.82) is 0 Å². The molecule has 0 radical (unpaired) electrons. The Morgan fingerprint density at radius 3 is 2.04 bits per heavy atom. The fraction of sp³-hybridized carbons (Fsp3) is 0.0455. The van der Waals surface area contributed by atoms with Gasteiger partial charge in [-0.05, 0) is 43.3 Å². The number of hydrogen-bond donors (Lipinski definition) is 0. The van der Waals surface area contributed by atoms with Gasteiger partial charge in [0.25, 0.3) is 0 Å². The fourth-order valence-corrected chi connectivity index (χ4v) is 4.11. The van der Waals surface area contributed by atoms with Gasteiger partial charge < -0.3 is 0 Å². The van der Waals surface area contributed by atoms with Crippen LogP contribution >= 0.6 is 43.5 Å². The standard InChI is InChI=1S/C22H15Br2ClN2/c1-14-8-10-19(11-9-14)27-22(16-5-3-7-18(24)13-16)20(25)21(26-27)15-4-2-6-17(23)12-15/h2-13H,1H3. The molecule has 0 bridgehead atoms. The van der Waals surface area contributed by atoms with Crippen LogP contribution in [0.5, 0.6) is 0 Å². The van der Waals surface area contributed by atoms with E-state index in [1.54, 1.807) is 0 Å². The van der Waals surface area contributed by atoms with E-state index in [4.69, 9.17) is 16.7 Å². The first-order valence-corrected chi connectivity index (χ1v) is 10.4. The van der Waals surface area contributed by atoms with Crippen LogP contribution in [-0.2, 0) is 0 Å². The highest BCUT2D eigenvalue weighted by molar-refractivity contribution is 9.10. The van der Waals surface area contributed by atoms with E-state index in [2.05, 4.69) is 69.1 Å². The van der Waals surface area contributed by atoms with E-state index >= 15 is 0 Å². The van der Waals surface area contributed by atoms with Crippen LogP contribution in [-0.4, -0.2) is 9.78 Å². The van der Waals surface area contributed by atoms with Gasteiger partial charge in [-0.3, -0.25) is 0 Å². The summed E-state index contributed by atoms with van der Waals surface area (Å²) in [5.74, 6) is 0. The Morgan fingerprint density at radius 1 is 0.815 bits per heavy atom. The maximum atomic E-state index is 6.87. The molecule has 0 amide bonds. The van der Waals surface area contributed by atoms with E-state index in [1.165, 1.54) is 5.56 Å². The van der Waals surface area contributed by atoms with E-state index < -0.39 is 0 Å². The number of hydrogen-bond acceptors (Lipinski definition) is 1. The topological polar surface area (TPSA) is 17.8 Å². The van der Waals surface area contributed by atoms with Crippen LogP contribution in [0.2, 0.25) is 5.02 Å². The first kappa shape index (κ1) is 18.5. The Morgan fingerprint density at radius 2 is 1.41 bits per heavy atom. The molecule has 3 aromatic carbocycles. The Kier molecular flexibility index (Phi) is 5.22. The van der Waals surface area contributed by atoms with Crippen LogP contribution in [0, 0.1) is 6.92 Å². The van der Waals surface area contributed by atoms with Crippen LogP contribution in [0.1, 0.15) is 5.56 Å². The van der Waals surface area contributed by atoms with Crippen molar-refractivity contribution >= 4 is 43.5 Å². The summed E-state index contributed by atoms with van der Waals surface area (Å²) in [6, 6.07) is 24.4. The van der Waals surface area contributed by atoms with Gasteiger partial charge in [-0.25, -0.2) is 4.68 Å². The van der Waals surface area contributed by atoms with E-state index in [1.807, 2.05) is 47.1 Å². The minimum atomic E-state index is 0.631. The fourth-order valence-electron chi connectivity index (χ4n) is 2.98. The number of aryl methyl sites for hydroxylation is 1. The predicted molar refractivity (Wildman–Crippen MR) is 120 cm³/mol. The van der Waals surface area contributed by atoms with Crippen LogP contribution in [0.4, 0.5) is 0 Å². The first-order chi connectivity index (χ1) is 13.0. The van der Waals surface area contributed by atoms with Crippen molar-refractivity contribution in [3.05, 3.63) is 92.3 Å². The molecule has 4 aromatic rings. The molecule has 0 spiro atoms. The normalized spacial score (nSPS) is 11.0. The van der Waals surface area contributed by atoms with Gasteiger partial charge in [0.1, 0.15) is 5.69 Å². The summed E-state index contributed by atoms with van der Waals surface area (Å²) in [7, 11) is 0. The molecule has 0 fully saturated rings. The van der Waals surface area contributed by atoms with E-state index in [9.17, 15) is 0 Å². The van der Waals surface area contributed by atoms with Gasteiger partial charge in [-0.15, -0.1) is 0 Å². The largest absolute Gasteiger partial charge is 0.231 e. The Bertz CT molecular complexity index is 1120. The zero-order valence-electron chi connectivity index (χ0n) is 14.5. The highest BCUT2D eigenvalue weighted by Crippen LogP contribution is 2.39. The summed E-state index contributed by atoms with van der Waals surface area (Å²) >= 11 is 14.0. The van der Waals surface area contributed by atoms with Crippen LogP contribution < -0.4 is 0 Å². The SMILES string of the molecule is Cc1ccc(-n2nc(-c3cccc(Br)c3)c(Cl)c2-c2cccc(Br)c2)cc1. The Hall–Kier alpha value is -1.88. The smallest absolute Gasteiger partial charge is 0.112 e. The van der Waals surface area contributed by atoms with Crippen molar-refractivity contribution in [2.45, 2.75) is 6.92 Å². The second-order valence-electron chi connectivity index (χ2n) is 6.28. The van der Waals surface area contributed by atoms with Crippen molar-refractivity contribution < 1.29 is 0 Å². The first-order valence-electron chi connectivity index (χ1n) is 8.40. The summed E-state index contributed by atoms with van der Waals surface area (Å²) in [6.45, 7) is 2.07. The zero-order valence-corrected chi connectivity index (χ0v) is 18.4. The third kappa shape index (κ3) is 3.75. The lowest BCUT2D eigenvalue weighted by Crippen LogP contribution is -1.99. The monoisotopic (exact) mass is 500 g/mol. The molecule has 0 aliphatic carbocycles. The highest BCUT2D eigenvalue weighted by atomic mass is 79.9. The zero-order chi connectivity index (χ0) is 19.0. The highest BCUT2D eigenvalue weighted by Gasteiger charge is 2.20. The van der Waals surface area contributed by atoms with Crippen molar-refractivity contribution in [1.82, 2.24) is 9.78 Å². The quantitative estimate of drug-likeness (QED) is 0.281. The number of benzene rings is 3. The Labute approximate surface area is 180 Å². The van der Waals surface area contributed by atoms with Gasteiger partial charge in [0.15, 0.2) is 0 Å². The maximum absolute atomic E-state index is 6.87. The van der Waals surface area contributed by atoms with Gasteiger partial charge in [0.2, 0.25) is 0 Å². The van der Waals surface area contributed by atoms with Crippen LogP contribution in [0.25, 0.3) is 28.2 Å². The molecule has 134 valence electrons. The van der Waals surface area contributed by atoms with Crippen molar-refractivity contribution in [2.24, 2.45) is 0 Å². The second-order valence-corrected chi connectivity index (χ2v) is 8.49. The third-order valence-corrected chi connectivity index (χ3v) is 5.65. The minimum Gasteiger partial charge on any atom is -0.231 e. The van der Waals surface area contributed by atoms with E-state index in [0.29, 0.717) is 5.02 Å². The molecule has 0 saturated heterocycles. The van der Waals surface area contributed by atoms with Gasteiger partial charge in [0.05, 0.1) is 16.4 Å². The number of halogens is 3. The maximum Gasteiger partial charge on any atom is 0.112 e. The van der Waals surface area contributed by atoms with Crippen molar-refractivity contribution in [3.63, 3.8) is 0 Å². The molecule has 1 aromatic heterocycles. The molecule has 1 heterocycles. The van der Waals surface area contributed by atoms with E-state index in [0.717, 1.165) is 37.1 Å². The molecule has 4 rings (SSSR count). The summed E-state index contributed by atoms with van der Waals surface area (Å²) < 4.78 is 3.90. The van der Waals surface area contributed by atoms with Gasteiger partial charge in [-0.1, -0.05) is 85.4 Å². The predicted octanol–water partition coefficient (Wildman–Crippen LogP) is 7.69. The van der Waals surface area contributed by atoms with Gasteiger partial charge in [-0.2, -0.15) is 5.10 Å². The van der Waals surface area contributed by atoms with Gasteiger partial charge >= 0.3 is 0 Å². The van der Waals surface area contributed by atoms with Gasteiger partial charge in [0, 0.05) is 20.1 Å². The average Bonchev–Trinajstić information content (AvgIpc) is 2.99. The molecule has 0 N–H and O–H groups in total. The molecule has 0 atom stereocenters. The lowest BCUT2D eigenvalue weighted by Gasteiger charge is -2.09. The number of aromatic nitrogens is 2. The molecule has 0 aliphatic rings.